The zero-order chi connectivity index (χ0) is 13.2. The first-order chi connectivity index (χ1) is 9.20. The zero-order valence-electron chi connectivity index (χ0n) is 10.1. The normalized spacial score (nSPS) is 10.8. The van der Waals surface area contributed by atoms with Gasteiger partial charge >= 0.3 is 0 Å². The molecule has 0 amide bonds. The van der Waals surface area contributed by atoms with E-state index in [-0.39, 0.29) is 0 Å². The van der Waals surface area contributed by atoms with Crippen LogP contribution in [0.3, 0.4) is 0 Å². The molecule has 0 aliphatic carbocycles. The molecule has 0 aliphatic heterocycles. The van der Waals surface area contributed by atoms with Crippen molar-refractivity contribution in [3.05, 3.63) is 40.7 Å². The second kappa shape index (κ2) is 4.93. The molecule has 1 N–H and O–H groups in total. The second-order valence-corrected chi connectivity index (χ2v) is 4.88. The number of hydrogen-bond acceptors (Lipinski definition) is 6. The van der Waals surface area contributed by atoms with Gasteiger partial charge in [0.2, 0.25) is 17.7 Å². The van der Waals surface area contributed by atoms with E-state index >= 15 is 0 Å². The number of nitrogens with zero attached hydrogens (tertiary/aromatic N) is 4. The summed E-state index contributed by atoms with van der Waals surface area (Å²) in [5, 5.41) is 11.7. The summed E-state index contributed by atoms with van der Waals surface area (Å²) >= 11 is 3.42. The first-order valence-electron chi connectivity index (χ1n) is 5.66. The number of anilines is 1. The first-order valence-corrected chi connectivity index (χ1v) is 6.45. The molecule has 0 unspecified atom stereocenters. The third kappa shape index (κ3) is 2.70. The van der Waals surface area contributed by atoms with Gasteiger partial charge in [0.05, 0.1) is 12.1 Å². The van der Waals surface area contributed by atoms with Crippen LogP contribution in [0, 0.1) is 6.92 Å². The van der Waals surface area contributed by atoms with Gasteiger partial charge in [0.25, 0.3) is 0 Å². The average molecular weight is 320 g/mol. The van der Waals surface area contributed by atoms with Crippen molar-refractivity contribution in [2.75, 3.05) is 5.32 Å². The van der Waals surface area contributed by atoms with Crippen molar-refractivity contribution < 1.29 is 4.42 Å². The summed E-state index contributed by atoms with van der Waals surface area (Å²) in [5.74, 6) is 1.59. The van der Waals surface area contributed by atoms with Gasteiger partial charge in [-0.1, -0.05) is 15.9 Å². The summed E-state index contributed by atoms with van der Waals surface area (Å²) < 4.78 is 6.27. The Labute approximate surface area is 117 Å². The molecule has 0 saturated heterocycles. The Morgan fingerprint density at radius 1 is 1.32 bits per heavy atom. The number of fused-ring (bicyclic) bond motifs is 1. The van der Waals surface area contributed by atoms with Crippen molar-refractivity contribution in [1.29, 1.82) is 0 Å². The Balaban J connectivity index is 1.79. The van der Waals surface area contributed by atoms with E-state index < -0.39 is 0 Å². The molecule has 6 nitrogen and oxygen atoms in total. The molecule has 0 aliphatic rings. The SMILES string of the molecule is Cc1nnc(CNc2ncc3cc(Br)ccc3n2)o1. The highest BCUT2D eigenvalue weighted by molar-refractivity contribution is 9.10. The lowest BCUT2D eigenvalue weighted by atomic mass is 10.2. The van der Waals surface area contributed by atoms with E-state index in [0.717, 1.165) is 15.4 Å². The van der Waals surface area contributed by atoms with Gasteiger partial charge in [-0.3, -0.25) is 0 Å². The van der Waals surface area contributed by atoms with Crippen molar-refractivity contribution in [3.63, 3.8) is 0 Å². The number of aryl methyl sites for hydroxylation is 1. The van der Waals surface area contributed by atoms with Crippen LogP contribution in [0.5, 0.6) is 0 Å². The van der Waals surface area contributed by atoms with Gasteiger partial charge < -0.3 is 9.73 Å². The summed E-state index contributed by atoms with van der Waals surface area (Å²) in [6, 6.07) is 5.85. The van der Waals surface area contributed by atoms with E-state index in [1.54, 1.807) is 13.1 Å². The third-order valence-electron chi connectivity index (χ3n) is 2.51. The second-order valence-electron chi connectivity index (χ2n) is 3.97. The zero-order valence-corrected chi connectivity index (χ0v) is 11.7. The van der Waals surface area contributed by atoms with E-state index in [1.807, 2.05) is 18.2 Å². The molecule has 19 heavy (non-hydrogen) atoms. The predicted octanol–water partition coefficient (Wildman–Crippen LogP) is 2.70. The molecule has 2 aromatic heterocycles. The summed E-state index contributed by atoms with van der Waals surface area (Å²) in [7, 11) is 0. The van der Waals surface area contributed by atoms with Crippen molar-refractivity contribution >= 4 is 32.8 Å². The van der Waals surface area contributed by atoms with Crippen LogP contribution in [0.4, 0.5) is 5.95 Å². The lowest BCUT2D eigenvalue weighted by Gasteiger charge is -2.03. The van der Waals surface area contributed by atoms with Gasteiger partial charge in [-0.25, -0.2) is 9.97 Å². The molecule has 0 spiro atoms. The summed E-state index contributed by atoms with van der Waals surface area (Å²) in [6.45, 7) is 2.16. The Bertz CT molecular complexity index is 727. The maximum Gasteiger partial charge on any atom is 0.235 e. The van der Waals surface area contributed by atoms with Crippen LogP contribution in [-0.4, -0.2) is 20.2 Å². The fraction of sp³-hybridized carbons (Fsp3) is 0.167. The largest absolute Gasteiger partial charge is 0.424 e. The lowest BCUT2D eigenvalue weighted by molar-refractivity contribution is 0.474. The summed E-state index contributed by atoms with van der Waals surface area (Å²) in [5.41, 5.74) is 0.877. The Morgan fingerprint density at radius 2 is 2.21 bits per heavy atom. The average Bonchev–Trinajstić information content (AvgIpc) is 2.82. The van der Waals surface area contributed by atoms with Crippen LogP contribution in [0.15, 0.2) is 33.3 Å². The molecule has 2 heterocycles. The molecule has 0 bridgehead atoms. The van der Waals surface area contributed by atoms with Crippen LogP contribution >= 0.6 is 15.9 Å². The fourth-order valence-corrected chi connectivity index (χ4v) is 2.03. The fourth-order valence-electron chi connectivity index (χ4n) is 1.65. The van der Waals surface area contributed by atoms with Crippen LogP contribution < -0.4 is 5.32 Å². The minimum absolute atomic E-state index is 0.406. The number of rotatable bonds is 3. The van der Waals surface area contributed by atoms with E-state index in [2.05, 4.69) is 41.4 Å². The maximum atomic E-state index is 5.26. The number of benzene rings is 1. The molecule has 0 saturated carbocycles. The van der Waals surface area contributed by atoms with Crippen LogP contribution in [-0.2, 0) is 6.54 Å². The molecule has 0 radical (unpaired) electrons. The number of aromatic nitrogens is 4. The molecule has 7 heteroatoms. The Hall–Kier alpha value is -2.02. The van der Waals surface area contributed by atoms with Crippen LogP contribution in [0.25, 0.3) is 10.9 Å². The molecular formula is C12H10BrN5O. The van der Waals surface area contributed by atoms with Gasteiger partial charge in [0.15, 0.2) is 0 Å². The van der Waals surface area contributed by atoms with Crippen molar-refractivity contribution in [2.45, 2.75) is 13.5 Å². The monoisotopic (exact) mass is 319 g/mol. The molecule has 3 rings (SSSR count). The highest BCUT2D eigenvalue weighted by Gasteiger charge is 2.04. The van der Waals surface area contributed by atoms with E-state index in [4.69, 9.17) is 4.42 Å². The maximum absolute atomic E-state index is 5.26. The molecular weight excluding hydrogens is 310 g/mol. The highest BCUT2D eigenvalue weighted by atomic mass is 79.9. The van der Waals surface area contributed by atoms with Crippen LogP contribution in [0.2, 0.25) is 0 Å². The van der Waals surface area contributed by atoms with E-state index in [9.17, 15) is 0 Å². The van der Waals surface area contributed by atoms with Gasteiger partial charge in [-0.15, -0.1) is 10.2 Å². The predicted molar refractivity (Wildman–Crippen MR) is 73.6 cm³/mol. The molecule has 3 aromatic rings. The number of halogens is 1. The minimum atomic E-state index is 0.406. The van der Waals surface area contributed by atoms with Crippen molar-refractivity contribution in [3.8, 4) is 0 Å². The molecule has 0 fully saturated rings. The van der Waals surface area contributed by atoms with Gasteiger partial charge in [0.1, 0.15) is 0 Å². The quantitative estimate of drug-likeness (QED) is 0.799. The van der Waals surface area contributed by atoms with Crippen molar-refractivity contribution in [2.24, 2.45) is 0 Å². The van der Waals surface area contributed by atoms with Gasteiger partial charge in [0, 0.05) is 23.0 Å². The smallest absolute Gasteiger partial charge is 0.235 e. The van der Waals surface area contributed by atoms with Gasteiger partial charge in [-0.2, -0.15) is 0 Å². The van der Waals surface area contributed by atoms with Gasteiger partial charge in [-0.05, 0) is 18.2 Å². The third-order valence-corrected chi connectivity index (χ3v) is 3.00. The van der Waals surface area contributed by atoms with E-state index in [1.165, 1.54) is 0 Å². The lowest BCUT2D eigenvalue weighted by Crippen LogP contribution is -2.03. The molecule has 96 valence electrons. The molecule has 0 atom stereocenters. The first kappa shape index (κ1) is 12.0. The van der Waals surface area contributed by atoms with E-state index in [0.29, 0.717) is 24.3 Å². The van der Waals surface area contributed by atoms with Crippen LogP contribution in [0.1, 0.15) is 11.8 Å². The number of hydrogen-bond donors (Lipinski definition) is 1. The Morgan fingerprint density at radius 3 is 3.00 bits per heavy atom. The van der Waals surface area contributed by atoms with Crippen molar-refractivity contribution in [1.82, 2.24) is 20.2 Å². The summed E-state index contributed by atoms with van der Waals surface area (Å²) in [4.78, 5) is 8.64. The number of nitrogens with one attached hydrogen (secondary N) is 1. The summed E-state index contributed by atoms with van der Waals surface area (Å²) in [6.07, 6.45) is 1.77. The Kier molecular flexibility index (Phi) is 3.12. The topological polar surface area (TPSA) is 76.7 Å². The standard InChI is InChI=1S/C12H10BrN5O/c1-7-17-18-11(19-7)6-15-12-14-5-8-4-9(13)2-3-10(8)16-12/h2-5H,6H2,1H3,(H,14,15,16). The highest BCUT2D eigenvalue weighted by Crippen LogP contribution is 2.18. The minimum Gasteiger partial charge on any atom is -0.424 e. The molecule has 1 aromatic carbocycles.